The van der Waals surface area contributed by atoms with Crippen molar-refractivity contribution in [3.05, 3.63) is 36.3 Å². The van der Waals surface area contributed by atoms with Crippen molar-refractivity contribution in [1.29, 1.82) is 0 Å². The van der Waals surface area contributed by atoms with Crippen molar-refractivity contribution < 1.29 is 18.3 Å². The quantitative estimate of drug-likeness (QED) is 0.834. The maximum atomic E-state index is 11.9. The second kappa shape index (κ2) is 4.69. The molecule has 2 rings (SSSR count). The predicted octanol–water partition coefficient (Wildman–Crippen LogP) is 0.314. The molecule has 0 aliphatic carbocycles. The Balaban J connectivity index is 2.30. The van der Waals surface area contributed by atoms with E-state index in [9.17, 15) is 13.2 Å². The highest BCUT2D eigenvalue weighted by Gasteiger charge is 2.17. The van der Waals surface area contributed by atoms with Gasteiger partial charge in [-0.05, 0) is 12.1 Å². The van der Waals surface area contributed by atoms with Gasteiger partial charge in [-0.2, -0.15) is 5.10 Å². The minimum atomic E-state index is -3.82. The van der Waals surface area contributed by atoms with E-state index >= 15 is 0 Å². The van der Waals surface area contributed by atoms with Crippen molar-refractivity contribution in [2.45, 2.75) is 4.90 Å². The average molecular weight is 282 g/mol. The Morgan fingerprint density at radius 2 is 2.16 bits per heavy atom. The lowest BCUT2D eigenvalue weighted by atomic mass is 10.3. The van der Waals surface area contributed by atoms with Crippen LogP contribution >= 0.6 is 0 Å². The summed E-state index contributed by atoms with van der Waals surface area (Å²) in [7, 11) is -2.24. The van der Waals surface area contributed by atoms with Crippen molar-refractivity contribution in [3.63, 3.8) is 0 Å². The van der Waals surface area contributed by atoms with Crippen LogP contribution in [-0.2, 0) is 17.1 Å². The largest absolute Gasteiger partial charge is 0.477 e. The molecule has 9 heteroatoms. The van der Waals surface area contributed by atoms with Crippen LogP contribution in [0.5, 0.6) is 0 Å². The SMILES string of the molecule is Cn1cc(S(=O)(=O)Nc2cccc(C(=O)O)n2)cn1. The lowest BCUT2D eigenvalue weighted by Crippen LogP contribution is -2.14. The summed E-state index contributed by atoms with van der Waals surface area (Å²) in [6, 6.07) is 4.03. The van der Waals surface area contributed by atoms with Crippen molar-refractivity contribution in [1.82, 2.24) is 14.8 Å². The zero-order chi connectivity index (χ0) is 14.0. The average Bonchev–Trinajstić information content (AvgIpc) is 2.76. The van der Waals surface area contributed by atoms with Crippen LogP contribution in [0.25, 0.3) is 0 Å². The third kappa shape index (κ3) is 2.88. The Morgan fingerprint density at radius 3 is 2.74 bits per heavy atom. The molecule has 100 valence electrons. The van der Waals surface area contributed by atoms with Gasteiger partial charge >= 0.3 is 5.97 Å². The summed E-state index contributed by atoms with van der Waals surface area (Å²) in [6.07, 6.45) is 2.51. The van der Waals surface area contributed by atoms with E-state index in [-0.39, 0.29) is 16.4 Å². The fourth-order valence-electron chi connectivity index (χ4n) is 1.34. The minimum Gasteiger partial charge on any atom is -0.477 e. The molecule has 0 saturated heterocycles. The van der Waals surface area contributed by atoms with Crippen LogP contribution in [0, 0.1) is 0 Å². The molecule has 0 fully saturated rings. The highest BCUT2D eigenvalue weighted by molar-refractivity contribution is 7.92. The number of rotatable bonds is 4. The number of nitrogens with one attached hydrogen (secondary N) is 1. The third-order valence-corrected chi connectivity index (χ3v) is 3.51. The van der Waals surface area contributed by atoms with Gasteiger partial charge in [0.2, 0.25) is 0 Å². The summed E-state index contributed by atoms with van der Waals surface area (Å²) in [5, 5.41) is 12.5. The molecular weight excluding hydrogens is 272 g/mol. The van der Waals surface area contributed by atoms with Gasteiger partial charge in [0.05, 0.1) is 6.20 Å². The van der Waals surface area contributed by atoms with Crippen molar-refractivity contribution in [2.24, 2.45) is 7.05 Å². The molecule has 8 nitrogen and oxygen atoms in total. The van der Waals surface area contributed by atoms with Gasteiger partial charge in [0.25, 0.3) is 10.0 Å². The molecule has 19 heavy (non-hydrogen) atoms. The summed E-state index contributed by atoms with van der Waals surface area (Å²) in [4.78, 5) is 14.4. The molecule has 0 unspecified atom stereocenters. The highest BCUT2D eigenvalue weighted by Crippen LogP contribution is 2.13. The van der Waals surface area contributed by atoms with Gasteiger partial charge < -0.3 is 5.11 Å². The maximum Gasteiger partial charge on any atom is 0.354 e. The first-order valence-electron chi connectivity index (χ1n) is 5.10. The zero-order valence-electron chi connectivity index (χ0n) is 9.81. The van der Waals surface area contributed by atoms with E-state index in [4.69, 9.17) is 5.11 Å². The van der Waals surface area contributed by atoms with Gasteiger partial charge in [0.1, 0.15) is 10.7 Å². The van der Waals surface area contributed by atoms with E-state index in [0.29, 0.717) is 0 Å². The van der Waals surface area contributed by atoms with Crippen LogP contribution in [-0.4, -0.2) is 34.3 Å². The van der Waals surface area contributed by atoms with Crippen molar-refractivity contribution >= 4 is 21.8 Å². The number of pyridine rings is 1. The van der Waals surface area contributed by atoms with Gasteiger partial charge in [-0.15, -0.1) is 0 Å². The molecular formula is C10H10N4O4S. The number of aromatic carboxylic acids is 1. The number of nitrogens with zero attached hydrogens (tertiary/aromatic N) is 3. The summed E-state index contributed by atoms with van der Waals surface area (Å²) < 4.78 is 27.4. The first-order chi connectivity index (χ1) is 8.88. The van der Waals surface area contributed by atoms with Crippen molar-refractivity contribution in [3.8, 4) is 0 Å². The molecule has 2 N–H and O–H groups in total. The molecule has 0 amide bonds. The van der Waals surface area contributed by atoms with E-state index in [1.807, 2.05) is 0 Å². The number of hydrogen-bond acceptors (Lipinski definition) is 5. The molecule has 0 aliphatic heterocycles. The van der Waals surface area contributed by atoms with Crippen LogP contribution in [0.1, 0.15) is 10.5 Å². The molecule has 0 aliphatic rings. The normalized spacial score (nSPS) is 11.2. The lowest BCUT2D eigenvalue weighted by molar-refractivity contribution is 0.0690. The Bertz CT molecular complexity index is 723. The highest BCUT2D eigenvalue weighted by atomic mass is 32.2. The Kier molecular flexibility index (Phi) is 3.21. The molecule has 2 heterocycles. The summed E-state index contributed by atoms with van der Waals surface area (Å²) in [5.41, 5.74) is -0.244. The van der Waals surface area contributed by atoms with E-state index in [0.717, 1.165) is 0 Å². The van der Waals surface area contributed by atoms with Crippen LogP contribution in [0.2, 0.25) is 0 Å². The van der Waals surface area contributed by atoms with Gasteiger partial charge in [-0.25, -0.2) is 18.2 Å². The topological polar surface area (TPSA) is 114 Å². The Hall–Kier alpha value is -2.42. The van der Waals surface area contributed by atoms with Crippen molar-refractivity contribution in [2.75, 3.05) is 4.72 Å². The van der Waals surface area contributed by atoms with Gasteiger partial charge in [0.15, 0.2) is 5.69 Å². The second-order valence-electron chi connectivity index (χ2n) is 3.67. The molecule has 2 aromatic rings. The third-order valence-electron chi connectivity index (χ3n) is 2.20. The molecule has 0 radical (unpaired) electrons. The van der Waals surface area contributed by atoms with E-state index in [2.05, 4.69) is 14.8 Å². The second-order valence-corrected chi connectivity index (χ2v) is 5.35. The minimum absolute atomic E-state index is 0.0301. The van der Waals surface area contributed by atoms with Gasteiger partial charge in [-0.3, -0.25) is 9.40 Å². The van der Waals surface area contributed by atoms with Crippen LogP contribution in [0.15, 0.2) is 35.5 Å². The first kappa shape index (κ1) is 13.0. The van der Waals surface area contributed by atoms with Crippen LogP contribution < -0.4 is 4.72 Å². The van der Waals surface area contributed by atoms with Crippen LogP contribution in [0.3, 0.4) is 0 Å². The molecule has 0 spiro atoms. The summed E-state index contributed by atoms with van der Waals surface area (Å²) in [6.45, 7) is 0. The lowest BCUT2D eigenvalue weighted by Gasteiger charge is -2.05. The number of sulfonamides is 1. The smallest absolute Gasteiger partial charge is 0.354 e. The zero-order valence-corrected chi connectivity index (χ0v) is 10.6. The maximum absolute atomic E-state index is 11.9. The van der Waals surface area contributed by atoms with E-state index in [1.54, 1.807) is 7.05 Å². The number of anilines is 1. The number of carbonyl (C=O) groups is 1. The summed E-state index contributed by atoms with van der Waals surface area (Å²) >= 11 is 0. The van der Waals surface area contributed by atoms with Crippen LogP contribution in [0.4, 0.5) is 5.82 Å². The monoisotopic (exact) mass is 282 g/mol. The molecule has 0 aromatic carbocycles. The van der Waals surface area contributed by atoms with E-state index < -0.39 is 16.0 Å². The van der Waals surface area contributed by atoms with Gasteiger partial charge in [0, 0.05) is 13.2 Å². The standard InChI is InChI=1S/C10H10N4O4S/c1-14-6-7(5-11-14)19(17,18)13-9-4-2-3-8(12-9)10(15)16/h2-6H,1H3,(H,12,13)(H,15,16). The Labute approximate surface area is 108 Å². The number of carboxylic acids is 1. The fraction of sp³-hybridized carbons (Fsp3) is 0.100. The van der Waals surface area contributed by atoms with E-state index in [1.165, 1.54) is 35.3 Å². The molecule has 2 aromatic heterocycles. The molecule has 0 atom stereocenters. The number of hydrogen-bond donors (Lipinski definition) is 2. The number of aryl methyl sites for hydroxylation is 1. The Morgan fingerprint density at radius 1 is 1.42 bits per heavy atom. The fourth-order valence-corrected chi connectivity index (χ4v) is 2.33. The van der Waals surface area contributed by atoms with Gasteiger partial charge in [-0.1, -0.05) is 6.07 Å². The molecule has 0 saturated carbocycles. The number of carboxylic acid groups (broad SMARTS) is 1. The molecule has 0 bridgehead atoms. The summed E-state index contributed by atoms with van der Waals surface area (Å²) in [5.74, 6) is -1.30. The number of aromatic nitrogens is 3. The predicted molar refractivity (Wildman–Crippen MR) is 65.2 cm³/mol. The first-order valence-corrected chi connectivity index (χ1v) is 6.58.